The third-order valence-electron chi connectivity index (χ3n) is 4.66. The molecule has 0 saturated carbocycles. The molecule has 1 atom stereocenters. The van der Waals surface area contributed by atoms with Gasteiger partial charge in [-0.15, -0.1) is 0 Å². The number of carbonyl (C=O) groups excluding carboxylic acids is 2. The minimum Gasteiger partial charge on any atom is -0.328 e. The van der Waals surface area contributed by atoms with Crippen molar-refractivity contribution in [3.05, 3.63) is 29.3 Å². The van der Waals surface area contributed by atoms with E-state index < -0.39 is 5.54 Å². The van der Waals surface area contributed by atoms with Crippen LogP contribution in [0.25, 0.3) is 0 Å². The zero-order valence-corrected chi connectivity index (χ0v) is 14.0. The molecule has 1 aliphatic heterocycles. The summed E-state index contributed by atoms with van der Waals surface area (Å²) in [6.07, 6.45) is 2.92. The minimum atomic E-state index is -0.731. The fraction of sp³-hybridized carbons (Fsp3) is 0.556. The maximum absolute atomic E-state index is 12.7. The van der Waals surface area contributed by atoms with Crippen molar-refractivity contribution in [1.29, 1.82) is 0 Å². The van der Waals surface area contributed by atoms with Crippen LogP contribution in [0.4, 0.5) is 5.69 Å². The van der Waals surface area contributed by atoms with E-state index >= 15 is 0 Å². The van der Waals surface area contributed by atoms with Crippen molar-refractivity contribution in [2.75, 3.05) is 11.9 Å². The molecular weight excluding hydrogens is 276 g/mol. The number of anilines is 1. The van der Waals surface area contributed by atoms with Crippen LogP contribution in [0, 0.1) is 13.8 Å². The molecule has 0 aromatic heterocycles. The molecule has 1 N–H and O–H groups in total. The van der Waals surface area contributed by atoms with Crippen molar-refractivity contribution < 1.29 is 9.59 Å². The minimum absolute atomic E-state index is 0.0812. The molecule has 0 radical (unpaired) electrons. The fourth-order valence-corrected chi connectivity index (χ4v) is 3.03. The van der Waals surface area contributed by atoms with Gasteiger partial charge in [-0.25, -0.2) is 0 Å². The van der Waals surface area contributed by atoms with Gasteiger partial charge in [0.1, 0.15) is 5.54 Å². The van der Waals surface area contributed by atoms with Crippen LogP contribution in [0.1, 0.15) is 50.7 Å². The number of nitrogens with one attached hydrogen (secondary N) is 1. The van der Waals surface area contributed by atoms with Gasteiger partial charge in [-0.3, -0.25) is 9.59 Å². The molecule has 1 fully saturated rings. The first-order chi connectivity index (χ1) is 10.4. The average molecular weight is 302 g/mol. The van der Waals surface area contributed by atoms with Crippen LogP contribution in [-0.2, 0) is 9.59 Å². The van der Waals surface area contributed by atoms with Crippen LogP contribution in [0.5, 0.6) is 0 Å². The van der Waals surface area contributed by atoms with E-state index in [4.69, 9.17) is 0 Å². The summed E-state index contributed by atoms with van der Waals surface area (Å²) < 4.78 is 0. The number of amides is 2. The van der Waals surface area contributed by atoms with Gasteiger partial charge < -0.3 is 10.2 Å². The average Bonchev–Trinajstić information content (AvgIpc) is 2.86. The second-order valence-corrected chi connectivity index (χ2v) is 6.43. The van der Waals surface area contributed by atoms with E-state index in [2.05, 4.69) is 5.32 Å². The van der Waals surface area contributed by atoms with Crippen LogP contribution in [0.2, 0.25) is 0 Å². The van der Waals surface area contributed by atoms with Crippen molar-refractivity contribution in [3.8, 4) is 0 Å². The highest BCUT2D eigenvalue weighted by Crippen LogP contribution is 2.31. The maximum Gasteiger partial charge on any atom is 0.250 e. The summed E-state index contributed by atoms with van der Waals surface area (Å²) in [5.74, 6) is -0.00422. The van der Waals surface area contributed by atoms with E-state index in [1.165, 1.54) is 5.56 Å². The number of rotatable bonds is 4. The number of aryl methyl sites for hydroxylation is 2. The Kier molecular flexibility index (Phi) is 4.89. The lowest BCUT2D eigenvalue weighted by atomic mass is 9.96. The predicted octanol–water partition coefficient (Wildman–Crippen LogP) is 3.42. The van der Waals surface area contributed by atoms with E-state index in [1.807, 2.05) is 45.9 Å². The Balaban J connectivity index is 2.15. The van der Waals surface area contributed by atoms with Crippen molar-refractivity contribution in [3.63, 3.8) is 0 Å². The van der Waals surface area contributed by atoms with Crippen molar-refractivity contribution in [1.82, 2.24) is 4.90 Å². The largest absolute Gasteiger partial charge is 0.328 e. The molecule has 22 heavy (non-hydrogen) atoms. The van der Waals surface area contributed by atoms with E-state index in [1.54, 1.807) is 4.90 Å². The number of hydrogen-bond donors (Lipinski definition) is 1. The standard InChI is InChI=1S/C18H26N2O2/c1-5-7-16(21)20-11-6-10-18(20,4)17(22)19-15-9-8-13(2)14(3)12-15/h8-9,12H,5-7,10-11H2,1-4H3,(H,19,22). The lowest BCUT2D eigenvalue weighted by molar-refractivity contribution is -0.141. The number of hydrogen-bond acceptors (Lipinski definition) is 2. The third kappa shape index (κ3) is 3.16. The molecule has 2 rings (SSSR count). The number of likely N-dealkylation sites (tertiary alicyclic amines) is 1. The summed E-state index contributed by atoms with van der Waals surface area (Å²) in [7, 11) is 0. The van der Waals surface area contributed by atoms with Gasteiger partial charge in [-0.2, -0.15) is 0 Å². The van der Waals surface area contributed by atoms with E-state index in [-0.39, 0.29) is 11.8 Å². The molecule has 120 valence electrons. The summed E-state index contributed by atoms with van der Waals surface area (Å²) in [4.78, 5) is 26.8. The van der Waals surface area contributed by atoms with Crippen LogP contribution >= 0.6 is 0 Å². The molecule has 4 heteroatoms. The van der Waals surface area contributed by atoms with Gasteiger partial charge in [0.2, 0.25) is 11.8 Å². The monoisotopic (exact) mass is 302 g/mol. The molecular formula is C18H26N2O2. The maximum atomic E-state index is 12.7. The van der Waals surface area contributed by atoms with Crippen LogP contribution in [0.3, 0.4) is 0 Å². The SMILES string of the molecule is CCCC(=O)N1CCCC1(C)C(=O)Nc1ccc(C)c(C)c1. The second-order valence-electron chi connectivity index (χ2n) is 6.43. The van der Waals surface area contributed by atoms with Gasteiger partial charge in [-0.05, 0) is 63.3 Å². The molecule has 1 aliphatic rings. The fourth-order valence-electron chi connectivity index (χ4n) is 3.03. The van der Waals surface area contributed by atoms with Gasteiger partial charge in [0, 0.05) is 18.7 Å². The Bertz CT molecular complexity index is 582. The van der Waals surface area contributed by atoms with Crippen molar-refractivity contribution in [2.24, 2.45) is 0 Å². The normalized spacial score (nSPS) is 21.0. The smallest absolute Gasteiger partial charge is 0.250 e. The predicted molar refractivity (Wildman–Crippen MR) is 88.8 cm³/mol. The Morgan fingerprint density at radius 2 is 2.00 bits per heavy atom. The van der Waals surface area contributed by atoms with E-state index in [0.29, 0.717) is 13.0 Å². The molecule has 1 heterocycles. The highest BCUT2D eigenvalue weighted by atomic mass is 16.2. The molecule has 1 aromatic carbocycles. The summed E-state index contributed by atoms with van der Waals surface area (Å²) in [6.45, 7) is 8.61. The summed E-state index contributed by atoms with van der Waals surface area (Å²) in [5.41, 5.74) is 2.41. The Hall–Kier alpha value is -1.84. The lowest BCUT2D eigenvalue weighted by Crippen LogP contribution is -2.53. The molecule has 4 nitrogen and oxygen atoms in total. The highest BCUT2D eigenvalue weighted by molar-refractivity contribution is 6.00. The molecule has 1 saturated heterocycles. The first-order valence-corrected chi connectivity index (χ1v) is 8.07. The molecule has 0 aliphatic carbocycles. The van der Waals surface area contributed by atoms with E-state index in [0.717, 1.165) is 30.5 Å². The van der Waals surface area contributed by atoms with Gasteiger partial charge in [-0.1, -0.05) is 13.0 Å². The summed E-state index contributed by atoms with van der Waals surface area (Å²) in [6, 6.07) is 5.89. The molecule has 1 aromatic rings. The van der Waals surface area contributed by atoms with Crippen LogP contribution < -0.4 is 5.32 Å². The van der Waals surface area contributed by atoms with Gasteiger partial charge in [0.25, 0.3) is 0 Å². The molecule has 1 unspecified atom stereocenters. The Morgan fingerprint density at radius 1 is 1.27 bits per heavy atom. The quantitative estimate of drug-likeness (QED) is 0.926. The molecule has 0 spiro atoms. The topological polar surface area (TPSA) is 49.4 Å². The van der Waals surface area contributed by atoms with Gasteiger partial charge in [0.05, 0.1) is 0 Å². The first-order valence-electron chi connectivity index (χ1n) is 8.07. The van der Waals surface area contributed by atoms with Gasteiger partial charge >= 0.3 is 0 Å². The summed E-state index contributed by atoms with van der Waals surface area (Å²) >= 11 is 0. The lowest BCUT2D eigenvalue weighted by Gasteiger charge is -2.34. The number of nitrogens with zero attached hydrogens (tertiary/aromatic N) is 1. The first kappa shape index (κ1) is 16.5. The highest BCUT2D eigenvalue weighted by Gasteiger charge is 2.45. The van der Waals surface area contributed by atoms with Crippen molar-refractivity contribution >= 4 is 17.5 Å². The number of carbonyl (C=O) groups is 2. The summed E-state index contributed by atoms with van der Waals surface area (Å²) in [5, 5.41) is 2.99. The van der Waals surface area contributed by atoms with Crippen LogP contribution in [0.15, 0.2) is 18.2 Å². The third-order valence-corrected chi connectivity index (χ3v) is 4.66. The van der Waals surface area contributed by atoms with E-state index in [9.17, 15) is 9.59 Å². The molecule has 2 amide bonds. The molecule has 0 bridgehead atoms. The Morgan fingerprint density at radius 3 is 2.64 bits per heavy atom. The zero-order chi connectivity index (χ0) is 16.3. The van der Waals surface area contributed by atoms with Gasteiger partial charge in [0.15, 0.2) is 0 Å². The number of benzene rings is 1. The van der Waals surface area contributed by atoms with Crippen LogP contribution in [-0.4, -0.2) is 28.8 Å². The Labute approximate surface area is 132 Å². The van der Waals surface area contributed by atoms with Crippen molar-refractivity contribution in [2.45, 2.75) is 58.9 Å². The second kappa shape index (κ2) is 6.51. The zero-order valence-electron chi connectivity index (χ0n) is 14.0.